The number of nitrogens with one attached hydrogen (secondary N) is 2. The zero-order valence-electron chi connectivity index (χ0n) is 10.6. The van der Waals surface area contributed by atoms with Crippen molar-refractivity contribution in [2.75, 3.05) is 11.9 Å². The lowest BCUT2D eigenvalue weighted by molar-refractivity contribution is 0.252. The first-order chi connectivity index (χ1) is 9.65. The van der Waals surface area contributed by atoms with Crippen molar-refractivity contribution in [1.82, 2.24) is 10.3 Å². The fourth-order valence-corrected chi connectivity index (χ4v) is 2.71. The van der Waals surface area contributed by atoms with Crippen LogP contribution in [-0.2, 0) is 6.42 Å². The molecule has 0 radical (unpaired) electrons. The normalized spacial score (nSPS) is 10.1. The van der Waals surface area contributed by atoms with Crippen molar-refractivity contribution >= 4 is 43.7 Å². The van der Waals surface area contributed by atoms with Gasteiger partial charge in [0.1, 0.15) is 5.82 Å². The van der Waals surface area contributed by atoms with Crippen LogP contribution in [0.4, 0.5) is 10.6 Å². The molecule has 1 aromatic carbocycles. The van der Waals surface area contributed by atoms with Crippen LogP contribution in [0.1, 0.15) is 5.56 Å². The number of carbonyl (C=O) groups is 1. The molecule has 20 heavy (non-hydrogen) atoms. The second-order valence-electron chi connectivity index (χ2n) is 4.10. The zero-order chi connectivity index (χ0) is 14.4. The van der Waals surface area contributed by atoms with E-state index in [4.69, 9.17) is 0 Å². The SMILES string of the molecule is O=C(NCCc1ccccc1)Nc1ncc(Br)cc1Br. The number of nitrogens with zero attached hydrogens (tertiary/aromatic N) is 1. The summed E-state index contributed by atoms with van der Waals surface area (Å²) < 4.78 is 1.57. The Bertz CT molecular complexity index is 590. The molecule has 0 bridgehead atoms. The number of urea groups is 1. The molecule has 104 valence electrons. The Kier molecular flexibility index (Phi) is 5.55. The van der Waals surface area contributed by atoms with Crippen LogP contribution in [0.2, 0.25) is 0 Å². The van der Waals surface area contributed by atoms with Gasteiger partial charge in [-0.15, -0.1) is 0 Å². The zero-order valence-corrected chi connectivity index (χ0v) is 13.7. The quantitative estimate of drug-likeness (QED) is 0.818. The summed E-state index contributed by atoms with van der Waals surface area (Å²) >= 11 is 6.65. The van der Waals surface area contributed by atoms with E-state index >= 15 is 0 Å². The molecule has 2 rings (SSSR count). The molecule has 0 saturated heterocycles. The fraction of sp³-hybridized carbons (Fsp3) is 0.143. The van der Waals surface area contributed by atoms with Gasteiger partial charge in [-0.1, -0.05) is 30.3 Å². The predicted octanol–water partition coefficient (Wildman–Crippen LogP) is 3.97. The number of hydrogen-bond donors (Lipinski definition) is 2. The van der Waals surface area contributed by atoms with Gasteiger partial charge in [-0.2, -0.15) is 0 Å². The van der Waals surface area contributed by atoms with Crippen molar-refractivity contribution in [1.29, 1.82) is 0 Å². The first kappa shape index (κ1) is 15.0. The second-order valence-corrected chi connectivity index (χ2v) is 5.87. The third-order valence-electron chi connectivity index (χ3n) is 2.58. The minimum Gasteiger partial charge on any atom is -0.337 e. The van der Waals surface area contributed by atoms with Crippen molar-refractivity contribution in [3.8, 4) is 0 Å². The summed E-state index contributed by atoms with van der Waals surface area (Å²) in [6, 6.07) is 11.6. The topological polar surface area (TPSA) is 54.0 Å². The lowest BCUT2D eigenvalue weighted by Gasteiger charge is -2.08. The molecule has 0 saturated carbocycles. The Balaban J connectivity index is 1.81. The minimum absolute atomic E-state index is 0.267. The van der Waals surface area contributed by atoms with E-state index < -0.39 is 0 Å². The Morgan fingerprint density at radius 1 is 1.20 bits per heavy atom. The van der Waals surface area contributed by atoms with Gasteiger partial charge in [0.25, 0.3) is 0 Å². The molecule has 4 nitrogen and oxygen atoms in total. The lowest BCUT2D eigenvalue weighted by atomic mass is 10.1. The number of anilines is 1. The van der Waals surface area contributed by atoms with Gasteiger partial charge in [0.05, 0.1) is 4.47 Å². The molecule has 0 aliphatic heterocycles. The van der Waals surface area contributed by atoms with Gasteiger partial charge in [0, 0.05) is 17.2 Å². The Hall–Kier alpha value is -1.40. The Labute approximate surface area is 134 Å². The molecule has 0 aliphatic rings. The van der Waals surface area contributed by atoms with Crippen molar-refractivity contribution < 1.29 is 4.79 Å². The summed E-state index contributed by atoms with van der Waals surface area (Å²) in [7, 11) is 0. The van der Waals surface area contributed by atoms with Gasteiger partial charge in [0.2, 0.25) is 0 Å². The number of carbonyl (C=O) groups excluding carboxylic acids is 1. The maximum Gasteiger partial charge on any atom is 0.320 e. The maximum absolute atomic E-state index is 11.7. The van der Waals surface area contributed by atoms with E-state index in [1.54, 1.807) is 6.20 Å². The molecule has 6 heteroatoms. The van der Waals surface area contributed by atoms with Crippen LogP contribution < -0.4 is 10.6 Å². The summed E-state index contributed by atoms with van der Waals surface area (Å²) in [4.78, 5) is 15.9. The largest absolute Gasteiger partial charge is 0.337 e. The first-order valence-corrected chi connectivity index (χ1v) is 7.63. The number of rotatable bonds is 4. The number of amides is 2. The molecule has 2 amide bonds. The van der Waals surface area contributed by atoms with Crippen molar-refractivity contribution in [2.24, 2.45) is 0 Å². The van der Waals surface area contributed by atoms with Gasteiger partial charge in [-0.3, -0.25) is 5.32 Å². The predicted molar refractivity (Wildman–Crippen MR) is 86.8 cm³/mol. The van der Waals surface area contributed by atoms with Crippen molar-refractivity contribution in [3.05, 3.63) is 57.1 Å². The highest BCUT2D eigenvalue weighted by Gasteiger charge is 2.06. The summed E-state index contributed by atoms with van der Waals surface area (Å²) in [5.41, 5.74) is 1.19. The van der Waals surface area contributed by atoms with Crippen LogP contribution in [-0.4, -0.2) is 17.6 Å². The van der Waals surface area contributed by atoms with Gasteiger partial charge >= 0.3 is 6.03 Å². The molecule has 0 fully saturated rings. The molecule has 1 aromatic heterocycles. The van der Waals surface area contributed by atoms with Crippen LogP contribution in [0.3, 0.4) is 0 Å². The summed E-state index contributed by atoms with van der Waals surface area (Å²) in [5.74, 6) is 0.491. The van der Waals surface area contributed by atoms with E-state index in [-0.39, 0.29) is 6.03 Å². The third kappa shape index (κ3) is 4.61. The van der Waals surface area contributed by atoms with Gasteiger partial charge in [-0.05, 0) is 49.9 Å². The smallest absolute Gasteiger partial charge is 0.320 e. The van der Waals surface area contributed by atoms with Crippen LogP contribution in [0, 0.1) is 0 Å². The molecule has 1 heterocycles. The Morgan fingerprint density at radius 2 is 1.95 bits per heavy atom. The summed E-state index contributed by atoms with van der Waals surface area (Å²) in [5, 5.41) is 5.49. The number of aromatic nitrogens is 1. The van der Waals surface area contributed by atoms with Crippen LogP contribution in [0.5, 0.6) is 0 Å². The van der Waals surface area contributed by atoms with Gasteiger partial charge in [0.15, 0.2) is 0 Å². The lowest BCUT2D eigenvalue weighted by Crippen LogP contribution is -2.30. The summed E-state index contributed by atoms with van der Waals surface area (Å²) in [6.07, 6.45) is 2.42. The van der Waals surface area contributed by atoms with E-state index in [2.05, 4.69) is 47.5 Å². The highest BCUT2D eigenvalue weighted by molar-refractivity contribution is 9.11. The van der Waals surface area contributed by atoms with Crippen LogP contribution >= 0.6 is 31.9 Å². The average Bonchev–Trinajstić information content (AvgIpc) is 2.43. The Morgan fingerprint density at radius 3 is 2.65 bits per heavy atom. The number of pyridine rings is 1. The monoisotopic (exact) mass is 397 g/mol. The fourth-order valence-electron chi connectivity index (χ4n) is 1.62. The third-order valence-corrected chi connectivity index (χ3v) is 3.62. The standard InChI is InChI=1S/C14H13Br2N3O/c15-11-8-12(16)13(18-9-11)19-14(20)17-7-6-10-4-2-1-3-5-10/h1-5,8-9H,6-7H2,(H2,17,18,19,20). The number of halogens is 2. The van der Waals surface area contributed by atoms with E-state index in [1.807, 2.05) is 36.4 Å². The van der Waals surface area contributed by atoms with E-state index in [0.717, 1.165) is 15.4 Å². The average molecular weight is 399 g/mol. The first-order valence-electron chi connectivity index (χ1n) is 6.05. The minimum atomic E-state index is -0.267. The van der Waals surface area contributed by atoms with E-state index in [1.165, 1.54) is 5.56 Å². The molecule has 2 N–H and O–H groups in total. The van der Waals surface area contributed by atoms with Crippen molar-refractivity contribution in [2.45, 2.75) is 6.42 Å². The van der Waals surface area contributed by atoms with Gasteiger partial charge < -0.3 is 5.32 Å². The van der Waals surface area contributed by atoms with Crippen LogP contribution in [0.25, 0.3) is 0 Å². The number of hydrogen-bond acceptors (Lipinski definition) is 2. The molecule has 0 spiro atoms. The molecule has 0 unspecified atom stereocenters. The second kappa shape index (κ2) is 7.40. The highest BCUT2D eigenvalue weighted by Crippen LogP contribution is 2.23. The molecule has 2 aromatic rings. The van der Waals surface area contributed by atoms with Crippen LogP contribution in [0.15, 0.2) is 51.5 Å². The molecular formula is C14H13Br2N3O. The molecule has 0 aliphatic carbocycles. The van der Waals surface area contributed by atoms with E-state index in [9.17, 15) is 4.79 Å². The highest BCUT2D eigenvalue weighted by atomic mass is 79.9. The maximum atomic E-state index is 11.7. The van der Waals surface area contributed by atoms with Crippen molar-refractivity contribution in [3.63, 3.8) is 0 Å². The summed E-state index contributed by atoms with van der Waals surface area (Å²) in [6.45, 7) is 0.573. The molecular weight excluding hydrogens is 386 g/mol. The molecule has 0 atom stereocenters. The number of benzene rings is 1. The van der Waals surface area contributed by atoms with E-state index in [0.29, 0.717) is 12.4 Å². The van der Waals surface area contributed by atoms with Gasteiger partial charge in [-0.25, -0.2) is 9.78 Å².